The van der Waals surface area contributed by atoms with Gasteiger partial charge in [-0.2, -0.15) is 0 Å². The van der Waals surface area contributed by atoms with E-state index in [0.29, 0.717) is 19.1 Å². The maximum atomic E-state index is 5.85. The van der Waals surface area contributed by atoms with Crippen LogP contribution in [0.15, 0.2) is 71.2 Å². The number of nitrogens with one attached hydrogen (secondary N) is 2. The number of halogens is 1. The molecule has 154 valence electrons. The largest absolute Gasteiger partial charge is 0.487 e. The van der Waals surface area contributed by atoms with Crippen LogP contribution in [0.25, 0.3) is 0 Å². The summed E-state index contributed by atoms with van der Waals surface area (Å²) in [7, 11) is 1.79. The fourth-order valence-electron chi connectivity index (χ4n) is 2.71. The van der Waals surface area contributed by atoms with Crippen LogP contribution in [0.5, 0.6) is 5.75 Å². The molecular formula is C22H27IN4OS. The molecule has 0 aliphatic heterocycles. The Morgan fingerprint density at radius 1 is 1.14 bits per heavy atom. The van der Waals surface area contributed by atoms with Crippen LogP contribution in [-0.4, -0.2) is 24.5 Å². The number of hydrogen-bond donors (Lipinski definition) is 2. The van der Waals surface area contributed by atoms with Crippen molar-refractivity contribution < 1.29 is 4.74 Å². The van der Waals surface area contributed by atoms with Gasteiger partial charge in [0.15, 0.2) is 5.96 Å². The molecule has 29 heavy (non-hydrogen) atoms. The topological polar surface area (TPSA) is 58.5 Å². The number of ether oxygens (including phenoxy) is 1. The molecule has 5 nitrogen and oxygen atoms in total. The van der Waals surface area contributed by atoms with Gasteiger partial charge < -0.3 is 15.4 Å². The quantitative estimate of drug-likeness (QED) is 0.253. The minimum absolute atomic E-state index is 0. The van der Waals surface area contributed by atoms with E-state index in [0.717, 1.165) is 29.5 Å². The summed E-state index contributed by atoms with van der Waals surface area (Å²) in [5.74, 6) is 2.07. The molecule has 2 aromatic heterocycles. The average Bonchev–Trinajstić information content (AvgIpc) is 3.28. The Bertz CT molecular complexity index is 872. The third-order valence-corrected chi connectivity index (χ3v) is 5.40. The van der Waals surface area contributed by atoms with Crippen LogP contribution >= 0.6 is 35.3 Å². The van der Waals surface area contributed by atoms with E-state index in [1.165, 1.54) is 4.88 Å². The predicted molar refractivity (Wildman–Crippen MR) is 131 cm³/mol. The summed E-state index contributed by atoms with van der Waals surface area (Å²) >= 11 is 1.79. The highest BCUT2D eigenvalue weighted by Crippen LogP contribution is 2.19. The molecule has 0 aliphatic carbocycles. The van der Waals surface area contributed by atoms with E-state index < -0.39 is 0 Å². The molecule has 3 aromatic rings. The molecule has 0 aliphatic rings. The number of pyridine rings is 1. The first-order valence-electron chi connectivity index (χ1n) is 9.34. The highest BCUT2D eigenvalue weighted by atomic mass is 127. The van der Waals surface area contributed by atoms with Crippen LogP contribution in [0.4, 0.5) is 0 Å². The third kappa shape index (κ3) is 7.66. The Labute approximate surface area is 193 Å². The maximum absolute atomic E-state index is 5.85. The summed E-state index contributed by atoms with van der Waals surface area (Å²) in [6, 6.07) is 18.2. The van der Waals surface area contributed by atoms with Crippen LogP contribution in [-0.2, 0) is 13.2 Å². The van der Waals surface area contributed by atoms with Crippen molar-refractivity contribution in [2.24, 2.45) is 4.99 Å². The van der Waals surface area contributed by atoms with Gasteiger partial charge in [0.25, 0.3) is 0 Å². The zero-order valence-corrected chi connectivity index (χ0v) is 19.8. The molecule has 0 saturated heterocycles. The Hall–Kier alpha value is -2.13. The molecule has 2 heterocycles. The fourth-order valence-corrected chi connectivity index (χ4v) is 3.50. The van der Waals surface area contributed by atoms with Gasteiger partial charge in [-0.25, -0.2) is 0 Å². The standard InChI is InChI=1S/C22H26N4OS.HI/c1-17(21-10-6-12-28-21)14-25-22(23-2)26-15-18-7-5-9-20(13-18)27-16-19-8-3-4-11-24-19;/h3-13,17H,14-16H2,1-2H3,(H2,23,25,26);1H. The van der Waals surface area contributed by atoms with E-state index in [-0.39, 0.29) is 24.0 Å². The van der Waals surface area contributed by atoms with E-state index >= 15 is 0 Å². The predicted octanol–water partition coefficient (Wildman–Crippen LogP) is 4.81. The first-order chi connectivity index (χ1) is 13.7. The number of benzene rings is 1. The van der Waals surface area contributed by atoms with Gasteiger partial charge in [-0.1, -0.05) is 31.2 Å². The van der Waals surface area contributed by atoms with Crippen LogP contribution in [0.2, 0.25) is 0 Å². The van der Waals surface area contributed by atoms with Crippen molar-refractivity contribution in [1.29, 1.82) is 0 Å². The summed E-state index contributed by atoms with van der Waals surface area (Å²) in [5, 5.41) is 8.87. The number of aromatic nitrogens is 1. The number of aliphatic imine (C=N–C) groups is 1. The third-order valence-electron chi connectivity index (χ3n) is 4.30. The summed E-state index contributed by atoms with van der Waals surface area (Å²) in [5.41, 5.74) is 2.04. The van der Waals surface area contributed by atoms with Gasteiger partial charge in [-0.3, -0.25) is 9.98 Å². The van der Waals surface area contributed by atoms with Crippen molar-refractivity contribution in [3.05, 3.63) is 82.3 Å². The Kier molecular flexibility index (Phi) is 9.93. The monoisotopic (exact) mass is 522 g/mol. The van der Waals surface area contributed by atoms with Crippen molar-refractivity contribution in [2.75, 3.05) is 13.6 Å². The van der Waals surface area contributed by atoms with Gasteiger partial charge in [0.05, 0.1) is 5.69 Å². The van der Waals surface area contributed by atoms with Crippen molar-refractivity contribution in [2.45, 2.75) is 26.0 Å². The van der Waals surface area contributed by atoms with Gasteiger partial charge in [0.2, 0.25) is 0 Å². The molecule has 0 saturated carbocycles. The number of guanidine groups is 1. The number of rotatable bonds is 8. The molecule has 1 unspecified atom stereocenters. The van der Waals surface area contributed by atoms with Gasteiger partial charge in [-0.15, -0.1) is 35.3 Å². The Morgan fingerprint density at radius 2 is 2.03 bits per heavy atom. The second-order valence-corrected chi connectivity index (χ2v) is 7.46. The van der Waals surface area contributed by atoms with Crippen LogP contribution in [0.1, 0.15) is 29.0 Å². The van der Waals surface area contributed by atoms with E-state index in [2.05, 4.69) is 51.1 Å². The highest BCUT2D eigenvalue weighted by molar-refractivity contribution is 14.0. The van der Waals surface area contributed by atoms with E-state index in [1.807, 2.05) is 36.4 Å². The maximum Gasteiger partial charge on any atom is 0.191 e. The van der Waals surface area contributed by atoms with E-state index in [1.54, 1.807) is 24.6 Å². The number of nitrogens with zero attached hydrogens (tertiary/aromatic N) is 2. The molecule has 1 atom stereocenters. The molecule has 7 heteroatoms. The fraction of sp³-hybridized carbons (Fsp3) is 0.273. The van der Waals surface area contributed by atoms with Crippen molar-refractivity contribution in [3.63, 3.8) is 0 Å². The summed E-state index contributed by atoms with van der Waals surface area (Å²) in [6.07, 6.45) is 1.77. The first-order valence-corrected chi connectivity index (χ1v) is 10.2. The molecule has 3 rings (SSSR count). The number of hydrogen-bond acceptors (Lipinski definition) is 4. The summed E-state index contributed by atoms with van der Waals surface area (Å²) < 4.78 is 5.85. The number of thiophene rings is 1. The molecule has 0 fully saturated rings. The minimum Gasteiger partial charge on any atom is -0.487 e. The second kappa shape index (κ2) is 12.4. The van der Waals surface area contributed by atoms with Crippen molar-refractivity contribution in [1.82, 2.24) is 15.6 Å². The van der Waals surface area contributed by atoms with E-state index in [9.17, 15) is 0 Å². The lowest BCUT2D eigenvalue weighted by molar-refractivity contribution is 0.301. The molecule has 1 aromatic carbocycles. The average molecular weight is 522 g/mol. The zero-order chi connectivity index (χ0) is 19.6. The smallest absolute Gasteiger partial charge is 0.191 e. The molecule has 0 bridgehead atoms. The summed E-state index contributed by atoms with van der Waals surface area (Å²) in [6.45, 7) is 4.19. The van der Waals surface area contributed by atoms with Crippen LogP contribution < -0.4 is 15.4 Å². The van der Waals surface area contributed by atoms with Crippen LogP contribution in [0.3, 0.4) is 0 Å². The SMILES string of the molecule is CN=C(NCc1cccc(OCc2ccccn2)c1)NCC(C)c1cccs1.I. The van der Waals surface area contributed by atoms with Gasteiger partial charge in [-0.05, 0) is 41.3 Å². The van der Waals surface area contributed by atoms with Crippen molar-refractivity contribution >= 4 is 41.3 Å². The Morgan fingerprint density at radius 3 is 2.76 bits per heavy atom. The Balaban J connectivity index is 0.00000300. The lowest BCUT2D eigenvalue weighted by Gasteiger charge is -2.15. The molecule has 2 N–H and O–H groups in total. The van der Waals surface area contributed by atoms with Gasteiger partial charge >= 0.3 is 0 Å². The molecule has 0 radical (unpaired) electrons. The lowest BCUT2D eigenvalue weighted by Crippen LogP contribution is -2.38. The molecule has 0 amide bonds. The lowest BCUT2D eigenvalue weighted by atomic mass is 10.1. The summed E-state index contributed by atoms with van der Waals surface area (Å²) in [4.78, 5) is 9.97. The molecule has 0 spiro atoms. The minimum atomic E-state index is 0. The first kappa shape index (κ1) is 23.2. The molecular weight excluding hydrogens is 495 g/mol. The zero-order valence-electron chi connectivity index (χ0n) is 16.7. The van der Waals surface area contributed by atoms with Crippen molar-refractivity contribution in [3.8, 4) is 5.75 Å². The van der Waals surface area contributed by atoms with Crippen LogP contribution in [0, 0.1) is 0 Å². The second-order valence-electron chi connectivity index (χ2n) is 6.48. The van der Waals surface area contributed by atoms with Gasteiger partial charge in [0, 0.05) is 37.1 Å². The highest BCUT2D eigenvalue weighted by Gasteiger charge is 2.07. The normalized spacial score (nSPS) is 12.0. The van der Waals surface area contributed by atoms with E-state index in [4.69, 9.17) is 4.74 Å². The van der Waals surface area contributed by atoms with Gasteiger partial charge in [0.1, 0.15) is 12.4 Å².